The van der Waals surface area contributed by atoms with Gasteiger partial charge in [-0.25, -0.2) is 0 Å². The average molecular weight is 229 g/mol. The molecule has 0 aromatic rings. The molecule has 0 aromatic heterocycles. The molecule has 1 saturated heterocycles. The Labute approximate surface area is 97.9 Å². The molecule has 0 N–H and O–H groups in total. The third-order valence-corrected chi connectivity index (χ3v) is 3.06. The molecule has 4 nitrogen and oxygen atoms in total. The van der Waals surface area contributed by atoms with E-state index in [0.29, 0.717) is 31.6 Å². The fourth-order valence-corrected chi connectivity index (χ4v) is 1.85. The van der Waals surface area contributed by atoms with Crippen molar-refractivity contribution in [1.29, 1.82) is 0 Å². The van der Waals surface area contributed by atoms with Crippen molar-refractivity contribution in [2.24, 2.45) is 5.92 Å². The Hall–Kier alpha value is -0.450. The molecule has 16 heavy (non-hydrogen) atoms. The average Bonchev–Trinajstić information content (AvgIpc) is 2.76. The fourth-order valence-electron chi connectivity index (χ4n) is 1.85. The van der Waals surface area contributed by atoms with E-state index in [2.05, 4.69) is 18.7 Å². The minimum Gasteiger partial charge on any atom is -0.383 e. The molecule has 0 aliphatic carbocycles. The molecule has 0 saturated carbocycles. The van der Waals surface area contributed by atoms with Gasteiger partial charge in [-0.3, -0.25) is 9.69 Å². The molecule has 1 rings (SSSR count). The number of hydrogen-bond acceptors (Lipinski definition) is 4. The van der Waals surface area contributed by atoms with E-state index in [1.165, 1.54) is 0 Å². The number of Topliss-reactive ketones (excluding diaryl/α,β-unsaturated/α-hetero) is 1. The van der Waals surface area contributed by atoms with Gasteiger partial charge in [0.25, 0.3) is 0 Å². The Kier molecular flexibility index (Phi) is 5.95. The van der Waals surface area contributed by atoms with Crippen LogP contribution >= 0.6 is 0 Å². The van der Waals surface area contributed by atoms with Gasteiger partial charge >= 0.3 is 0 Å². The van der Waals surface area contributed by atoms with E-state index < -0.39 is 0 Å². The number of methoxy groups -OCH3 is 1. The van der Waals surface area contributed by atoms with Crippen molar-refractivity contribution in [2.75, 3.05) is 40.0 Å². The van der Waals surface area contributed by atoms with Crippen LogP contribution in [0.25, 0.3) is 0 Å². The summed E-state index contributed by atoms with van der Waals surface area (Å²) in [5.74, 6) is 0.422. The Bertz CT molecular complexity index is 212. The Morgan fingerprint density at radius 1 is 1.56 bits per heavy atom. The summed E-state index contributed by atoms with van der Waals surface area (Å²) in [5.41, 5.74) is 0. The van der Waals surface area contributed by atoms with Crippen LogP contribution in [0.3, 0.4) is 0 Å². The lowest BCUT2D eigenvalue weighted by Gasteiger charge is -2.26. The van der Waals surface area contributed by atoms with Gasteiger partial charge in [0.2, 0.25) is 0 Å². The Morgan fingerprint density at radius 2 is 2.31 bits per heavy atom. The predicted octanol–water partition coefficient (Wildman–Crippen LogP) is 0.949. The van der Waals surface area contributed by atoms with Crippen molar-refractivity contribution in [1.82, 2.24) is 4.90 Å². The lowest BCUT2D eigenvalue weighted by Crippen LogP contribution is -2.40. The number of rotatable bonds is 7. The van der Waals surface area contributed by atoms with Gasteiger partial charge in [-0.15, -0.1) is 0 Å². The molecule has 1 heterocycles. The van der Waals surface area contributed by atoms with Crippen molar-refractivity contribution in [2.45, 2.75) is 26.3 Å². The van der Waals surface area contributed by atoms with Crippen LogP contribution in [0, 0.1) is 5.92 Å². The molecular formula is C12H23NO3. The molecule has 0 spiro atoms. The first-order chi connectivity index (χ1) is 7.65. The molecule has 1 aliphatic heterocycles. The van der Waals surface area contributed by atoms with Crippen molar-refractivity contribution in [3.05, 3.63) is 0 Å². The maximum Gasteiger partial charge on any atom is 0.152 e. The first-order valence-electron chi connectivity index (χ1n) is 5.98. The van der Waals surface area contributed by atoms with Crippen LogP contribution in [0.1, 0.15) is 20.3 Å². The van der Waals surface area contributed by atoms with E-state index in [4.69, 9.17) is 9.47 Å². The van der Waals surface area contributed by atoms with Gasteiger partial charge in [0.1, 0.15) is 0 Å². The summed E-state index contributed by atoms with van der Waals surface area (Å²) in [6.07, 6.45) is 0.884. The summed E-state index contributed by atoms with van der Waals surface area (Å²) in [4.78, 5) is 14.1. The molecule has 0 aromatic carbocycles. The molecule has 0 amide bonds. The SMILES string of the molecule is COCCN(CC(=O)C1CCOC1)C(C)C. The molecule has 1 aliphatic rings. The van der Waals surface area contributed by atoms with Gasteiger partial charge < -0.3 is 9.47 Å². The summed E-state index contributed by atoms with van der Waals surface area (Å²) in [5, 5.41) is 0. The molecular weight excluding hydrogens is 206 g/mol. The molecule has 0 radical (unpaired) electrons. The number of nitrogens with zero attached hydrogens (tertiary/aromatic N) is 1. The quantitative estimate of drug-likeness (QED) is 0.651. The predicted molar refractivity (Wildman–Crippen MR) is 62.5 cm³/mol. The summed E-state index contributed by atoms with van der Waals surface area (Å²) >= 11 is 0. The van der Waals surface area contributed by atoms with Crippen LogP contribution in [0.15, 0.2) is 0 Å². The molecule has 94 valence electrons. The minimum atomic E-state index is 0.115. The first kappa shape index (κ1) is 13.6. The standard InChI is InChI=1S/C12H23NO3/c1-10(2)13(5-7-15-3)8-12(14)11-4-6-16-9-11/h10-11H,4-9H2,1-3H3. The van der Waals surface area contributed by atoms with Gasteiger partial charge in [-0.2, -0.15) is 0 Å². The normalized spacial score (nSPS) is 20.9. The van der Waals surface area contributed by atoms with Crippen LogP contribution in [0.2, 0.25) is 0 Å². The van der Waals surface area contributed by atoms with E-state index in [0.717, 1.165) is 19.6 Å². The topological polar surface area (TPSA) is 38.8 Å². The monoisotopic (exact) mass is 229 g/mol. The van der Waals surface area contributed by atoms with E-state index in [1.807, 2.05) is 0 Å². The third-order valence-electron chi connectivity index (χ3n) is 3.06. The Balaban J connectivity index is 2.37. The number of carbonyl (C=O) groups excluding carboxylic acids is 1. The summed E-state index contributed by atoms with van der Waals surface area (Å²) in [6.45, 7) is 7.56. The molecule has 1 atom stereocenters. The van der Waals surface area contributed by atoms with Crippen LogP contribution in [-0.2, 0) is 14.3 Å². The van der Waals surface area contributed by atoms with E-state index in [1.54, 1.807) is 7.11 Å². The third kappa shape index (κ3) is 4.20. The summed E-state index contributed by atoms with van der Waals surface area (Å²) < 4.78 is 10.3. The second-order valence-corrected chi connectivity index (χ2v) is 4.58. The lowest BCUT2D eigenvalue weighted by molar-refractivity contribution is -0.124. The van der Waals surface area contributed by atoms with Crippen LogP contribution in [-0.4, -0.2) is 56.7 Å². The van der Waals surface area contributed by atoms with Crippen molar-refractivity contribution in [3.63, 3.8) is 0 Å². The highest BCUT2D eigenvalue weighted by molar-refractivity contribution is 5.83. The second kappa shape index (κ2) is 6.99. The summed E-state index contributed by atoms with van der Waals surface area (Å²) in [7, 11) is 1.69. The number of ether oxygens (including phenoxy) is 2. The zero-order valence-electron chi connectivity index (χ0n) is 10.6. The molecule has 4 heteroatoms. The van der Waals surface area contributed by atoms with Gasteiger partial charge in [0.05, 0.1) is 19.8 Å². The zero-order valence-corrected chi connectivity index (χ0v) is 10.6. The van der Waals surface area contributed by atoms with Gasteiger partial charge in [-0.05, 0) is 20.3 Å². The van der Waals surface area contributed by atoms with Crippen LogP contribution in [0.5, 0.6) is 0 Å². The highest BCUT2D eigenvalue weighted by Crippen LogP contribution is 2.14. The minimum absolute atomic E-state index is 0.115. The van der Waals surface area contributed by atoms with E-state index >= 15 is 0 Å². The van der Waals surface area contributed by atoms with Crippen molar-refractivity contribution in [3.8, 4) is 0 Å². The lowest BCUT2D eigenvalue weighted by atomic mass is 10.0. The van der Waals surface area contributed by atoms with Crippen LogP contribution < -0.4 is 0 Å². The van der Waals surface area contributed by atoms with Gasteiger partial charge in [0.15, 0.2) is 5.78 Å². The number of carbonyl (C=O) groups is 1. The van der Waals surface area contributed by atoms with E-state index in [-0.39, 0.29) is 5.92 Å². The highest BCUT2D eigenvalue weighted by Gasteiger charge is 2.25. The molecule has 0 bridgehead atoms. The van der Waals surface area contributed by atoms with Crippen LogP contribution in [0.4, 0.5) is 0 Å². The fraction of sp³-hybridized carbons (Fsp3) is 0.917. The maximum absolute atomic E-state index is 12.0. The van der Waals surface area contributed by atoms with Gasteiger partial charge in [0, 0.05) is 32.2 Å². The highest BCUT2D eigenvalue weighted by atomic mass is 16.5. The number of hydrogen-bond donors (Lipinski definition) is 0. The van der Waals surface area contributed by atoms with Crippen molar-refractivity contribution >= 4 is 5.78 Å². The molecule has 1 fully saturated rings. The Morgan fingerprint density at radius 3 is 2.81 bits per heavy atom. The zero-order chi connectivity index (χ0) is 12.0. The van der Waals surface area contributed by atoms with E-state index in [9.17, 15) is 4.79 Å². The van der Waals surface area contributed by atoms with Crippen molar-refractivity contribution < 1.29 is 14.3 Å². The first-order valence-corrected chi connectivity index (χ1v) is 5.98. The second-order valence-electron chi connectivity index (χ2n) is 4.58. The molecule has 1 unspecified atom stereocenters. The largest absolute Gasteiger partial charge is 0.383 e. The maximum atomic E-state index is 12.0. The number of ketones is 1. The van der Waals surface area contributed by atoms with Gasteiger partial charge in [-0.1, -0.05) is 0 Å². The summed E-state index contributed by atoms with van der Waals surface area (Å²) in [6, 6.07) is 0.376. The smallest absolute Gasteiger partial charge is 0.152 e.